The van der Waals surface area contributed by atoms with Gasteiger partial charge in [0.15, 0.2) is 11.5 Å². The largest absolute Gasteiger partial charge is 0.493 e. The summed E-state index contributed by atoms with van der Waals surface area (Å²) in [6, 6.07) is 11.2. The molecule has 7 heteroatoms. The molecule has 2 aromatic carbocycles. The average Bonchev–Trinajstić information content (AvgIpc) is 2.98. The van der Waals surface area contributed by atoms with Gasteiger partial charge in [-0.2, -0.15) is 5.10 Å². The molecule has 0 atom stereocenters. The zero-order valence-corrected chi connectivity index (χ0v) is 13.4. The molecule has 3 rings (SSSR count). The van der Waals surface area contributed by atoms with Crippen LogP contribution in [0.4, 0.5) is 5.95 Å². The molecule has 0 amide bonds. The molecule has 1 aromatic heterocycles. The van der Waals surface area contributed by atoms with Crippen LogP contribution in [-0.4, -0.2) is 30.4 Å². The molecule has 23 heavy (non-hydrogen) atoms. The highest BCUT2D eigenvalue weighted by atomic mass is 35.5. The molecule has 0 bridgehead atoms. The summed E-state index contributed by atoms with van der Waals surface area (Å²) in [5, 5.41) is 4.66. The van der Waals surface area contributed by atoms with E-state index in [9.17, 15) is 0 Å². The van der Waals surface area contributed by atoms with E-state index in [4.69, 9.17) is 21.1 Å². The zero-order chi connectivity index (χ0) is 16.2. The summed E-state index contributed by atoms with van der Waals surface area (Å²) in [6.45, 7) is 0. The van der Waals surface area contributed by atoms with Crippen molar-refractivity contribution in [2.75, 3.05) is 19.6 Å². The van der Waals surface area contributed by atoms with Gasteiger partial charge in [0, 0.05) is 11.6 Å². The van der Waals surface area contributed by atoms with Crippen LogP contribution in [-0.2, 0) is 0 Å². The predicted molar refractivity (Wildman–Crippen MR) is 91.9 cm³/mol. The number of hydrazone groups is 1. The minimum atomic E-state index is 0.512. The summed E-state index contributed by atoms with van der Waals surface area (Å²) < 4.78 is 10.4. The molecule has 0 aliphatic rings. The highest BCUT2D eigenvalue weighted by Gasteiger charge is 2.08. The quantitative estimate of drug-likeness (QED) is 0.553. The first-order valence-electron chi connectivity index (χ1n) is 6.86. The van der Waals surface area contributed by atoms with Crippen LogP contribution >= 0.6 is 11.6 Å². The van der Waals surface area contributed by atoms with E-state index in [1.165, 1.54) is 0 Å². The van der Waals surface area contributed by atoms with E-state index in [2.05, 4.69) is 20.5 Å². The fraction of sp³-hybridized carbons (Fsp3) is 0.125. The summed E-state index contributed by atoms with van der Waals surface area (Å²) in [5.41, 5.74) is 5.36. The van der Waals surface area contributed by atoms with Gasteiger partial charge in [0.1, 0.15) is 0 Å². The van der Waals surface area contributed by atoms with Crippen LogP contribution in [0.1, 0.15) is 5.56 Å². The molecule has 0 unspecified atom stereocenters. The van der Waals surface area contributed by atoms with Gasteiger partial charge in [-0.25, -0.2) is 10.4 Å². The van der Waals surface area contributed by atoms with Crippen LogP contribution in [0.3, 0.4) is 0 Å². The summed E-state index contributed by atoms with van der Waals surface area (Å²) in [4.78, 5) is 7.49. The first-order chi connectivity index (χ1) is 11.2. The zero-order valence-electron chi connectivity index (χ0n) is 12.6. The summed E-state index contributed by atoms with van der Waals surface area (Å²) in [5.74, 6) is 1.71. The molecule has 1 heterocycles. The van der Waals surface area contributed by atoms with Crippen LogP contribution in [0.25, 0.3) is 11.0 Å². The van der Waals surface area contributed by atoms with Gasteiger partial charge in [0.25, 0.3) is 0 Å². The number of H-pyrrole nitrogens is 1. The maximum absolute atomic E-state index is 6.21. The molecule has 2 N–H and O–H groups in total. The van der Waals surface area contributed by atoms with E-state index in [1.807, 2.05) is 24.3 Å². The van der Waals surface area contributed by atoms with Gasteiger partial charge in [-0.3, -0.25) is 0 Å². The lowest BCUT2D eigenvalue weighted by atomic mass is 10.2. The van der Waals surface area contributed by atoms with Gasteiger partial charge in [-0.15, -0.1) is 0 Å². The van der Waals surface area contributed by atoms with Crippen molar-refractivity contribution in [2.24, 2.45) is 5.10 Å². The molecule has 0 fully saturated rings. The normalized spacial score (nSPS) is 11.1. The number of nitrogens with zero attached hydrogens (tertiary/aromatic N) is 2. The molecule has 0 radical (unpaired) electrons. The van der Waals surface area contributed by atoms with Crippen molar-refractivity contribution < 1.29 is 9.47 Å². The van der Waals surface area contributed by atoms with Crippen molar-refractivity contribution in [2.45, 2.75) is 0 Å². The molecule has 0 saturated heterocycles. The van der Waals surface area contributed by atoms with Crippen molar-refractivity contribution in [1.29, 1.82) is 0 Å². The Morgan fingerprint density at radius 2 is 1.91 bits per heavy atom. The van der Waals surface area contributed by atoms with Crippen molar-refractivity contribution in [3.8, 4) is 11.5 Å². The second-order valence-electron chi connectivity index (χ2n) is 4.70. The number of fused-ring (bicyclic) bond motifs is 1. The van der Waals surface area contributed by atoms with Crippen LogP contribution < -0.4 is 14.9 Å². The Morgan fingerprint density at radius 1 is 1.17 bits per heavy atom. The second kappa shape index (κ2) is 6.58. The number of benzene rings is 2. The SMILES string of the molecule is COc1cc(Cl)c(/C=N\Nc2nc3ccccc3[nH]2)cc1OC. The highest BCUT2D eigenvalue weighted by molar-refractivity contribution is 6.33. The van der Waals surface area contributed by atoms with Gasteiger partial charge in [0.05, 0.1) is 36.5 Å². The number of hydrogen-bond acceptors (Lipinski definition) is 5. The number of halogens is 1. The van der Waals surface area contributed by atoms with Gasteiger partial charge in [-0.1, -0.05) is 23.7 Å². The molecule has 0 aliphatic heterocycles. The van der Waals surface area contributed by atoms with Crippen LogP contribution in [0.15, 0.2) is 41.5 Å². The monoisotopic (exact) mass is 330 g/mol. The minimum absolute atomic E-state index is 0.512. The molecule has 6 nitrogen and oxygen atoms in total. The Balaban J connectivity index is 1.79. The maximum atomic E-state index is 6.21. The number of imidazole rings is 1. The third-order valence-electron chi connectivity index (χ3n) is 3.27. The first-order valence-corrected chi connectivity index (χ1v) is 7.24. The number of ether oxygens (including phenoxy) is 2. The first kappa shape index (κ1) is 15.2. The van der Waals surface area contributed by atoms with Crippen molar-refractivity contribution >= 4 is 34.8 Å². The molecule has 0 aliphatic carbocycles. The number of methoxy groups -OCH3 is 2. The lowest BCUT2D eigenvalue weighted by Crippen LogP contribution is -1.96. The lowest BCUT2D eigenvalue weighted by molar-refractivity contribution is 0.355. The molecule has 3 aromatic rings. The van der Waals surface area contributed by atoms with E-state index >= 15 is 0 Å². The Morgan fingerprint density at radius 3 is 2.65 bits per heavy atom. The van der Waals surface area contributed by atoms with Crippen LogP contribution in [0.2, 0.25) is 5.02 Å². The third-order valence-corrected chi connectivity index (χ3v) is 3.59. The van der Waals surface area contributed by atoms with E-state index in [0.717, 1.165) is 11.0 Å². The fourth-order valence-corrected chi connectivity index (χ4v) is 2.34. The number of hydrogen-bond donors (Lipinski definition) is 2. The van der Waals surface area contributed by atoms with Gasteiger partial charge >= 0.3 is 0 Å². The summed E-state index contributed by atoms with van der Waals surface area (Å²) in [7, 11) is 3.13. The number of nitrogens with one attached hydrogen (secondary N) is 2. The summed E-state index contributed by atoms with van der Waals surface area (Å²) >= 11 is 6.21. The van der Waals surface area contributed by atoms with Crippen molar-refractivity contribution in [3.05, 3.63) is 47.0 Å². The Kier molecular flexibility index (Phi) is 4.34. The van der Waals surface area contributed by atoms with Crippen LogP contribution in [0.5, 0.6) is 11.5 Å². The number of aromatic amines is 1. The van der Waals surface area contributed by atoms with Gasteiger partial charge in [-0.05, 0) is 18.2 Å². The van der Waals surface area contributed by atoms with E-state index < -0.39 is 0 Å². The topological polar surface area (TPSA) is 71.5 Å². The standard InChI is InChI=1S/C16H15ClN4O2/c1-22-14-7-10(11(17)8-15(14)23-2)9-18-21-16-19-12-5-3-4-6-13(12)20-16/h3-9H,1-2H3,(H2,19,20,21)/b18-9-. The smallest absolute Gasteiger partial charge is 0.222 e. The van der Waals surface area contributed by atoms with E-state index in [-0.39, 0.29) is 0 Å². The van der Waals surface area contributed by atoms with E-state index in [0.29, 0.717) is 28.0 Å². The average molecular weight is 331 g/mol. The molecule has 0 spiro atoms. The Hall–Kier alpha value is -2.73. The molecule has 0 saturated carbocycles. The number of aromatic nitrogens is 2. The predicted octanol–water partition coefficient (Wildman–Crippen LogP) is 3.68. The number of anilines is 1. The van der Waals surface area contributed by atoms with Crippen molar-refractivity contribution in [1.82, 2.24) is 9.97 Å². The van der Waals surface area contributed by atoms with Gasteiger partial charge in [0.2, 0.25) is 5.95 Å². The van der Waals surface area contributed by atoms with Gasteiger partial charge < -0.3 is 14.5 Å². The molecular weight excluding hydrogens is 316 g/mol. The van der Waals surface area contributed by atoms with E-state index in [1.54, 1.807) is 32.6 Å². The minimum Gasteiger partial charge on any atom is -0.493 e. The Bertz CT molecular complexity index is 827. The Labute approximate surface area is 138 Å². The van der Waals surface area contributed by atoms with Crippen LogP contribution in [0, 0.1) is 0 Å². The fourth-order valence-electron chi connectivity index (χ4n) is 2.14. The summed E-state index contributed by atoms with van der Waals surface area (Å²) in [6.07, 6.45) is 1.59. The highest BCUT2D eigenvalue weighted by Crippen LogP contribution is 2.32. The molecule has 118 valence electrons. The second-order valence-corrected chi connectivity index (χ2v) is 5.11. The van der Waals surface area contributed by atoms with Crippen molar-refractivity contribution in [3.63, 3.8) is 0 Å². The number of para-hydroxylation sites is 2. The maximum Gasteiger partial charge on any atom is 0.222 e. The third kappa shape index (κ3) is 3.22. The number of rotatable bonds is 5. The lowest BCUT2D eigenvalue weighted by Gasteiger charge is -2.09. The molecular formula is C16H15ClN4O2.